The summed E-state index contributed by atoms with van der Waals surface area (Å²) >= 11 is 5.91. The second-order valence-electron chi connectivity index (χ2n) is 3.99. The Morgan fingerprint density at radius 1 is 1.45 bits per heavy atom. The van der Waals surface area contributed by atoms with Crippen molar-refractivity contribution in [3.63, 3.8) is 0 Å². The number of amides is 1. The quantitative estimate of drug-likeness (QED) is 0.747. The van der Waals surface area contributed by atoms with Gasteiger partial charge in [-0.1, -0.05) is 11.6 Å². The molecule has 0 heterocycles. The number of carbonyl (C=O) groups is 2. The molecule has 7 heteroatoms. The second-order valence-corrected chi connectivity index (χ2v) is 4.40. The van der Waals surface area contributed by atoms with E-state index in [0.29, 0.717) is 13.2 Å². The minimum absolute atomic E-state index is 0.0551. The van der Waals surface area contributed by atoms with Gasteiger partial charge in [0.15, 0.2) is 6.10 Å². The molecule has 0 aliphatic heterocycles. The van der Waals surface area contributed by atoms with Gasteiger partial charge in [0.2, 0.25) is 0 Å². The van der Waals surface area contributed by atoms with Gasteiger partial charge in [0.05, 0.1) is 17.2 Å². The lowest BCUT2D eigenvalue weighted by Crippen LogP contribution is -2.37. The number of aromatic carboxylic acids is 1. The van der Waals surface area contributed by atoms with E-state index in [2.05, 4.69) is 5.32 Å². The minimum atomic E-state index is -1.08. The largest absolute Gasteiger partial charge is 0.479 e. The fourth-order valence-electron chi connectivity index (χ4n) is 1.39. The molecular formula is C13H16ClNO5. The van der Waals surface area contributed by atoms with E-state index in [1.54, 1.807) is 6.92 Å². The summed E-state index contributed by atoms with van der Waals surface area (Å²) < 4.78 is 10.2. The Morgan fingerprint density at radius 3 is 2.70 bits per heavy atom. The van der Waals surface area contributed by atoms with Crippen LogP contribution < -0.4 is 10.1 Å². The highest BCUT2D eigenvalue weighted by atomic mass is 35.5. The van der Waals surface area contributed by atoms with Crippen molar-refractivity contribution < 1.29 is 24.2 Å². The van der Waals surface area contributed by atoms with Gasteiger partial charge >= 0.3 is 5.97 Å². The normalized spacial score (nSPS) is 11.8. The van der Waals surface area contributed by atoms with Crippen LogP contribution in [-0.4, -0.2) is 43.3 Å². The third-order valence-electron chi connectivity index (χ3n) is 2.46. The Morgan fingerprint density at radius 2 is 2.15 bits per heavy atom. The molecule has 6 nitrogen and oxygen atoms in total. The molecule has 0 aliphatic carbocycles. The zero-order chi connectivity index (χ0) is 15.1. The van der Waals surface area contributed by atoms with Crippen LogP contribution in [0.15, 0.2) is 18.2 Å². The van der Waals surface area contributed by atoms with Gasteiger partial charge in [-0.2, -0.15) is 0 Å². The Labute approximate surface area is 121 Å². The lowest BCUT2D eigenvalue weighted by molar-refractivity contribution is -0.127. The molecule has 0 spiro atoms. The first-order valence-corrected chi connectivity index (χ1v) is 6.29. The average molecular weight is 302 g/mol. The van der Waals surface area contributed by atoms with Crippen LogP contribution in [0.2, 0.25) is 5.02 Å². The molecule has 0 saturated carbocycles. The van der Waals surface area contributed by atoms with E-state index in [9.17, 15) is 9.59 Å². The van der Waals surface area contributed by atoms with Crippen molar-refractivity contribution >= 4 is 23.5 Å². The maximum atomic E-state index is 11.7. The van der Waals surface area contributed by atoms with E-state index in [1.165, 1.54) is 25.3 Å². The number of nitrogens with one attached hydrogen (secondary N) is 1. The molecule has 2 N–H and O–H groups in total. The number of rotatable bonds is 7. The van der Waals surface area contributed by atoms with Gasteiger partial charge in [-0.05, 0) is 25.1 Å². The molecule has 110 valence electrons. The fourth-order valence-corrected chi connectivity index (χ4v) is 1.62. The highest BCUT2D eigenvalue weighted by Crippen LogP contribution is 2.26. The number of hydrogen-bond acceptors (Lipinski definition) is 4. The fraction of sp³-hybridized carbons (Fsp3) is 0.385. The number of benzene rings is 1. The van der Waals surface area contributed by atoms with Crippen LogP contribution in [0.4, 0.5) is 0 Å². The molecule has 0 radical (unpaired) electrons. The van der Waals surface area contributed by atoms with E-state index in [1.807, 2.05) is 0 Å². The second kappa shape index (κ2) is 7.72. The molecule has 0 aromatic heterocycles. The third kappa shape index (κ3) is 4.71. The summed E-state index contributed by atoms with van der Waals surface area (Å²) in [6.45, 7) is 2.37. The molecule has 0 saturated heterocycles. The van der Waals surface area contributed by atoms with E-state index < -0.39 is 12.1 Å². The van der Waals surface area contributed by atoms with Gasteiger partial charge in [-0.15, -0.1) is 0 Å². The molecule has 1 atom stereocenters. The zero-order valence-electron chi connectivity index (χ0n) is 11.2. The van der Waals surface area contributed by atoms with E-state index >= 15 is 0 Å². The molecule has 1 amide bonds. The van der Waals surface area contributed by atoms with Crippen LogP contribution in [0.1, 0.15) is 17.3 Å². The lowest BCUT2D eigenvalue weighted by Gasteiger charge is -2.15. The molecule has 0 aliphatic rings. The van der Waals surface area contributed by atoms with E-state index in [4.69, 9.17) is 26.2 Å². The van der Waals surface area contributed by atoms with Crippen molar-refractivity contribution in [1.82, 2.24) is 5.32 Å². The standard InChI is InChI=1S/C13H16ClNO5/c1-8(12(16)15-5-6-19-2)20-11-4-3-9(13(17)18)7-10(11)14/h3-4,7-8H,5-6H2,1-2H3,(H,15,16)(H,17,18)/t8-/m1/s1. The summed E-state index contributed by atoms with van der Waals surface area (Å²) in [7, 11) is 1.54. The first-order chi connectivity index (χ1) is 9.45. The Kier molecular flexibility index (Phi) is 6.27. The molecule has 0 fully saturated rings. The van der Waals surface area contributed by atoms with Crippen LogP contribution in [0.25, 0.3) is 0 Å². The number of methoxy groups -OCH3 is 1. The van der Waals surface area contributed by atoms with Gasteiger partial charge < -0.3 is 19.9 Å². The molecule has 1 aromatic carbocycles. The van der Waals surface area contributed by atoms with Crippen LogP contribution in [0.3, 0.4) is 0 Å². The van der Waals surface area contributed by atoms with Gasteiger partial charge in [0, 0.05) is 13.7 Å². The van der Waals surface area contributed by atoms with Crippen LogP contribution in [-0.2, 0) is 9.53 Å². The summed E-state index contributed by atoms with van der Waals surface area (Å²) in [5, 5.41) is 11.6. The predicted molar refractivity (Wildman–Crippen MR) is 73.4 cm³/mol. The van der Waals surface area contributed by atoms with Gasteiger partial charge in [0.1, 0.15) is 5.75 Å². The number of ether oxygens (including phenoxy) is 2. The Balaban J connectivity index is 2.63. The molecular weight excluding hydrogens is 286 g/mol. The topological polar surface area (TPSA) is 84.9 Å². The summed E-state index contributed by atoms with van der Waals surface area (Å²) in [5.74, 6) is -1.13. The molecule has 0 bridgehead atoms. The zero-order valence-corrected chi connectivity index (χ0v) is 11.9. The maximum Gasteiger partial charge on any atom is 0.335 e. The van der Waals surface area contributed by atoms with Gasteiger partial charge in [-0.25, -0.2) is 4.79 Å². The van der Waals surface area contributed by atoms with E-state index in [0.717, 1.165) is 0 Å². The first-order valence-electron chi connectivity index (χ1n) is 5.92. The highest BCUT2D eigenvalue weighted by molar-refractivity contribution is 6.32. The third-order valence-corrected chi connectivity index (χ3v) is 2.75. The lowest BCUT2D eigenvalue weighted by atomic mass is 10.2. The maximum absolute atomic E-state index is 11.7. The van der Waals surface area contributed by atoms with Gasteiger partial charge in [-0.3, -0.25) is 4.79 Å². The Hall–Kier alpha value is -1.79. The monoisotopic (exact) mass is 301 g/mol. The molecule has 0 unspecified atom stereocenters. The molecule has 1 rings (SSSR count). The number of carbonyl (C=O) groups excluding carboxylic acids is 1. The molecule has 1 aromatic rings. The summed E-state index contributed by atoms with van der Waals surface area (Å²) in [5.41, 5.74) is 0.0551. The average Bonchev–Trinajstić information content (AvgIpc) is 2.40. The van der Waals surface area contributed by atoms with Crippen molar-refractivity contribution in [2.24, 2.45) is 0 Å². The van der Waals surface area contributed by atoms with Crippen molar-refractivity contribution in [3.8, 4) is 5.75 Å². The van der Waals surface area contributed by atoms with Crippen molar-refractivity contribution in [3.05, 3.63) is 28.8 Å². The summed E-state index contributed by atoms with van der Waals surface area (Å²) in [6, 6.07) is 4.05. The number of halogens is 1. The van der Waals surface area contributed by atoms with Crippen molar-refractivity contribution in [2.75, 3.05) is 20.3 Å². The predicted octanol–water partition coefficient (Wildman–Crippen LogP) is 1.57. The summed E-state index contributed by atoms with van der Waals surface area (Å²) in [4.78, 5) is 22.4. The number of carboxylic acids is 1. The van der Waals surface area contributed by atoms with Crippen LogP contribution in [0, 0.1) is 0 Å². The van der Waals surface area contributed by atoms with Crippen LogP contribution >= 0.6 is 11.6 Å². The first kappa shape index (κ1) is 16.3. The molecule has 20 heavy (non-hydrogen) atoms. The summed E-state index contributed by atoms with van der Waals surface area (Å²) in [6.07, 6.45) is -0.750. The van der Waals surface area contributed by atoms with Crippen LogP contribution in [0.5, 0.6) is 5.75 Å². The number of hydrogen-bond donors (Lipinski definition) is 2. The van der Waals surface area contributed by atoms with Crippen molar-refractivity contribution in [1.29, 1.82) is 0 Å². The van der Waals surface area contributed by atoms with E-state index in [-0.39, 0.29) is 22.2 Å². The SMILES string of the molecule is COCCNC(=O)[C@@H](C)Oc1ccc(C(=O)O)cc1Cl. The highest BCUT2D eigenvalue weighted by Gasteiger charge is 2.16. The van der Waals surface area contributed by atoms with Gasteiger partial charge in [0.25, 0.3) is 5.91 Å². The van der Waals surface area contributed by atoms with Crippen molar-refractivity contribution in [2.45, 2.75) is 13.0 Å². The number of carboxylic acid groups (broad SMARTS) is 1. The smallest absolute Gasteiger partial charge is 0.335 e. The minimum Gasteiger partial charge on any atom is -0.479 e. The Bertz CT molecular complexity index is 492.